The average Bonchev–Trinajstić information content (AvgIpc) is 2.61. The van der Waals surface area contributed by atoms with E-state index in [1.165, 1.54) is 0 Å². The molecule has 5 nitrogen and oxygen atoms in total. The van der Waals surface area contributed by atoms with E-state index in [0.717, 1.165) is 14.9 Å². The van der Waals surface area contributed by atoms with E-state index in [1.807, 2.05) is 30.5 Å². The summed E-state index contributed by atoms with van der Waals surface area (Å²) < 4.78 is 0.886. The maximum Gasteiger partial charge on any atom is 0.259 e. The standard InChI is InChI=1S/C17H16BrN3O2S/c1-24-15-8-2-12(3-9-15)10-20-21-16(22)11-19-17(23)13-4-6-14(18)7-5-13/h2-10H,11H2,1H3,(H,19,23)(H,21,22). The largest absolute Gasteiger partial charge is 0.343 e. The van der Waals surface area contributed by atoms with Crippen molar-refractivity contribution in [2.45, 2.75) is 4.90 Å². The van der Waals surface area contributed by atoms with Crippen LogP contribution in [0.1, 0.15) is 15.9 Å². The molecule has 0 aromatic heterocycles. The molecule has 2 N–H and O–H groups in total. The third-order valence-corrected chi connectivity index (χ3v) is 4.31. The van der Waals surface area contributed by atoms with Crippen molar-refractivity contribution >= 4 is 45.7 Å². The summed E-state index contributed by atoms with van der Waals surface area (Å²) in [7, 11) is 0. The van der Waals surface area contributed by atoms with E-state index in [-0.39, 0.29) is 12.5 Å². The van der Waals surface area contributed by atoms with Gasteiger partial charge in [0.15, 0.2) is 0 Å². The van der Waals surface area contributed by atoms with Crippen molar-refractivity contribution in [3.8, 4) is 0 Å². The first-order valence-electron chi connectivity index (χ1n) is 7.08. The van der Waals surface area contributed by atoms with Gasteiger partial charge in [-0.2, -0.15) is 5.10 Å². The molecular formula is C17H16BrN3O2S. The second-order valence-electron chi connectivity index (χ2n) is 4.76. The molecular weight excluding hydrogens is 390 g/mol. The average molecular weight is 406 g/mol. The van der Waals surface area contributed by atoms with Crippen LogP contribution in [0.4, 0.5) is 0 Å². The predicted octanol–water partition coefficient (Wildman–Crippen LogP) is 3.05. The maximum absolute atomic E-state index is 11.9. The van der Waals surface area contributed by atoms with Gasteiger partial charge in [0.1, 0.15) is 0 Å². The molecule has 0 aliphatic rings. The highest BCUT2D eigenvalue weighted by Gasteiger charge is 2.07. The third kappa shape index (κ3) is 5.82. The summed E-state index contributed by atoms with van der Waals surface area (Å²) in [6.45, 7) is -0.141. The number of rotatable bonds is 6. The Morgan fingerprint density at radius 1 is 1.12 bits per heavy atom. The highest BCUT2D eigenvalue weighted by Crippen LogP contribution is 2.13. The van der Waals surface area contributed by atoms with Gasteiger partial charge in [-0.05, 0) is 48.2 Å². The zero-order valence-electron chi connectivity index (χ0n) is 13.0. The molecule has 2 rings (SSSR count). The first kappa shape index (κ1) is 18.2. The van der Waals surface area contributed by atoms with Crippen LogP contribution in [0.3, 0.4) is 0 Å². The second-order valence-corrected chi connectivity index (χ2v) is 6.55. The smallest absolute Gasteiger partial charge is 0.259 e. The number of nitrogens with one attached hydrogen (secondary N) is 2. The molecule has 0 aliphatic carbocycles. The number of hydrogen-bond acceptors (Lipinski definition) is 4. The molecule has 0 spiro atoms. The summed E-state index contributed by atoms with van der Waals surface area (Å²) in [5.41, 5.74) is 3.75. The van der Waals surface area contributed by atoms with Gasteiger partial charge in [-0.15, -0.1) is 11.8 Å². The van der Waals surface area contributed by atoms with Crippen LogP contribution in [0.2, 0.25) is 0 Å². The van der Waals surface area contributed by atoms with Crippen molar-refractivity contribution in [1.82, 2.24) is 10.7 Å². The molecule has 2 aromatic carbocycles. The molecule has 2 aromatic rings. The fourth-order valence-corrected chi connectivity index (χ4v) is 2.44. The number of hydrogen-bond donors (Lipinski definition) is 2. The zero-order chi connectivity index (χ0) is 17.4. The van der Waals surface area contributed by atoms with Gasteiger partial charge >= 0.3 is 0 Å². The molecule has 0 unspecified atom stereocenters. The maximum atomic E-state index is 11.9. The summed E-state index contributed by atoms with van der Waals surface area (Å²) in [6.07, 6.45) is 3.56. The molecule has 2 amide bonds. The fraction of sp³-hybridized carbons (Fsp3) is 0.118. The topological polar surface area (TPSA) is 70.6 Å². The summed E-state index contributed by atoms with van der Waals surface area (Å²) in [5.74, 6) is -0.702. The fourth-order valence-electron chi connectivity index (χ4n) is 1.77. The van der Waals surface area contributed by atoms with E-state index in [2.05, 4.69) is 31.8 Å². The van der Waals surface area contributed by atoms with E-state index < -0.39 is 5.91 Å². The molecule has 124 valence electrons. The Hall–Kier alpha value is -2.12. The Bertz CT molecular complexity index is 731. The minimum atomic E-state index is -0.391. The van der Waals surface area contributed by atoms with E-state index in [0.29, 0.717) is 5.56 Å². The molecule has 0 heterocycles. The van der Waals surface area contributed by atoms with E-state index in [9.17, 15) is 9.59 Å². The SMILES string of the molecule is CSc1ccc(C=NNC(=O)CNC(=O)c2ccc(Br)cc2)cc1. The van der Waals surface area contributed by atoms with E-state index >= 15 is 0 Å². The highest BCUT2D eigenvalue weighted by molar-refractivity contribution is 9.10. The lowest BCUT2D eigenvalue weighted by Gasteiger charge is -2.04. The third-order valence-electron chi connectivity index (χ3n) is 3.03. The van der Waals surface area contributed by atoms with E-state index in [4.69, 9.17) is 0 Å². The monoisotopic (exact) mass is 405 g/mol. The number of amides is 2. The molecule has 0 bridgehead atoms. The lowest BCUT2D eigenvalue weighted by molar-refractivity contribution is -0.120. The molecule has 0 radical (unpaired) electrons. The quantitative estimate of drug-likeness (QED) is 0.440. The first-order valence-corrected chi connectivity index (χ1v) is 9.10. The lowest BCUT2D eigenvalue weighted by Crippen LogP contribution is -2.34. The van der Waals surface area contributed by atoms with Crippen molar-refractivity contribution in [2.75, 3.05) is 12.8 Å². The number of nitrogens with zero attached hydrogens (tertiary/aromatic N) is 1. The number of thioether (sulfide) groups is 1. The molecule has 0 atom stereocenters. The first-order chi connectivity index (χ1) is 11.6. The highest BCUT2D eigenvalue weighted by atomic mass is 79.9. The van der Waals surface area contributed by atoms with Crippen molar-refractivity contribution < 1.29 is 9.59 Å². The molecule has 0 saturated carbocycles. The summed E-state index contributed by atoms with van der Waals surface area (Å²) >= 11 is 4.96. The van der Waals surface area contributed by atoms with Crippen LogP contribution < -0.4 is 10.7 Å². The van der Waals surface area contributed by atoms with Gasteiger partial charge in [0, 0.05) is 14.9 Å². The van der Waals surface area contributed by atoms with Crippen LogP contribution in [0.5, 0.6) is 0 Å². The Morgan fingerprint density at radius 2 is 1.79 bits per heavy atom. The molecule has 7 heteroatoms. The van der Waals surface area contributed by atoms with Gasteiger partial charge in [-0.1, -0.05) is 28.1 Å². The molecule has 0 saturated heterocycles. The van der Waals surface area contributed by atoms with Gasteiger partial charge in [-0.25, -0.2) is 5.43 Å². The number of carbonyl (C=O) groups is 2. The molecule has 0 fully saturated rings. The molecule has 0 aliphatic heterocycles. The number of carbonyl (C=O) groups excluding carboxylic acids is 2. The van der Waals surface area contributed by atoms with Crippen LogP contribution in [0.25, 0.3) is 0 Å². The van der Waals surface area contributed by atoms with Gasteiger partial charge < -0.3 is 5.32 Å². The summed E-state index contributed by atoms with van der Waals surface area (Å²) in [5, 5.41) is 6.41. The van der Waals surface area contributed by atoms with Crippen LogP contribution in [0.15, 0.2) is 63.0 Å². The van der Waals surface area contributed by atoms with Gasteiger partial charge in [0.05, 0.1) is 12.8 Å². The minimum absolute atomic E-state index is 0.141. The Morgan fingerprint density at radius 3 is 2.42 bits per heavy atom. The van der Waals surface area contributed by atoms with Gasteiger partial charge in [0.25, 0.3) is 11.8 Å². The minimum Gasteiger partial charge on any atom is -0.343 e. The van der Waals surface area contributed by atoms with Crippen molar-refractivity contribution in [3.05, 3.63) is 64.1 Å². The van der Waals surface area contributed by atoms with Crippen molar-refractivity contribution in [2.24, 2.45) is 5.10 Å². The molecule has 24 heavy (non-hydrogen) atoms. The van der Waals surface area contributed by atoms with Crippen molar-refractivity contribution in [1.29, 1.82) is 0 Å². The lowest BCUT2D eigenvalue weighted by atomic mass is 10.2. The second kappa shape index (κ2) is 9.24. The van der Waals surface area contributed by atoms with Crippen LogP contribution in [-0.4, -0.2) is 30.8 Å². The number of benzene rings is 2. The van der Waals surface area contributed by atoms with Crippen LogP contribution in [-0.2, 0) is 4.79 Å². The normalized spacial score (nSPS) is 10.6. The Kier molecular flexibility index (Phi) is 7.02. The van der Waals surface area contributed by atoms with Crippen LogP contribution in [0, 0.1) is 0 Å². The van der Waals surface area contributed by atoms with Crippen LogP contribution >= 0.6 is 27.7 Å². The van der Waals surface area contributed by atoms with Gasteiger partial charge in [-0.3, -0.25) is 9.59 Å². The number of hydrazone groups is 1. The summed E-state index contributed by atoms with van der Waals surface area (Å²) in [6, 6.07) is 14.7. The Labute approximate surface area is 153 Å². The van der Waals surface area contributed by atoms with E-state index in [1.54, 1.807) is 42.2 Å². The predicted molar refractivity (Wildman–Crippen MR) is 100 cm³/mol. The zero-order valence-corrected chi connectivity index (χ0v) is 15.4. The van der Waals surface area contributed by atoms with Crippen molar-refractivity contribution in [3.63, 3.8) is 0 Å². The Balaban J connectivity index is 1.77. The van der Waals surface area contributed by atoms with Gasteiger partial charge in [0.2, 0.25) is 0 Å². The number of halogens is 1. The summed E-state index contributed by atoms with van der Waals surface area (Å²) in [4.78, 5) is 24.7.